The van der Waals surface area contributed by atoms with Crippen molar-refractivity contribution in [2.24, 2.45) is 0 Å². The van der Waals surface area contributed by atoms with Crippen LogP contribution in [0.25, 0.3) is 0 Å². The third-order valence-electron chi connectivity index (χ3n) is 0.362. The monoisotopic (exact) mass is 146 g/mol. The standard InChI is InChI=1S/C3H3N2.CH3.Zn/c1-2-4-5-3-1;;/h1-2H,(H,4,5);1H3;/q2*-1;+2. The van der Waals surface area contributed by atoms with Crippen molar-refractivity contribution >= 4 is 0 Å². The van der Waals surface area contributed by atoms with Crippen LogP contribution in [0, 0.1) is 13.6 Å². The number of aromatic amines is 1. The predicted molar refractivity (Wildman–Crippen MR) is 23.8 cm³/mol. The van der Waals surface area contributed by atoms with Crippen LogP contribution < -0.4 is 0 Å². The summed E-state index contributed by atoms with van der Waals surface area (Å²) in [5.41, 5.74) is 0. The van der Waals surface area contributed by atoms with E-state index in [2.05, 4.69) is 16.4 Å². The summed E-state index contributed by atoms with van der Waals surface area (Å²) in [5, 5.41) is 6.03. The smallest absolute Gasteiger partial charge is 0.382 e. The first-order valence-corrected chi connectivity index (χ1v) is 1.36. The molecule has 0 spiro atoms. The zero-order chi connectivity index (χ0) is 3.54. The maximum atomic E-state index is 3.47. The second-order valence-electron chi connectivity index (χ2n) is 0.703. The van der Waals surface area contributed by atoms with E-state index in [0.717, 1.165) is 0 Å². The summed E-state index contributed by atoms with van der Waals surface area (Å²) < 4.78 is 0. The molecule has 0 aliphatic carbocycles. The minimum absolute atomic E-state index is 0. The van der Waals surface area contributed by atoms with Crippen LogP contribution in [-0.4, -0.2) is 10.2 Å². The molecule has 0 bridgehead atoms. The van der Waals surface area contributed by atoms with Crippen molar-refractivity contribution in [1.29, 1.82) is 0 Å². The van der Waals surface area contributed by atoms with Crippen molar-refractivity contribution < 1.29 is 19.5 Å². The Balaban J connectivity index is 0. The van der Waals surface area contributed by atoms with Gasteiger partial charge in [-0.25, -0.2) is 0 Å². The number of hydrogen-bond acceptors (Lipinski definition) is 1. The van der Waals surface area contributed by atoms with E-state index < -0.39 is 0 Å². The molecule has 1 aromatic heterocycles. The van der Waals surface area contributed by atoms with Crippen LogP contribution in [0.3, 0.4) is 0 Å². The third kappa shape index (κ3) is 3.67. The maximum Gasteiger partial charge on any atom is 2.00 e. The van der Waals surface area contributed by atoms with E-state index >= 15 is 0 Å². The van der Waals surface area contributed by atoms with Gasteiger partial charge < -0.3 is 17.6 Å². The Kier molecular flexibility index (Phi) is 8.29. The van der Waals surface area contributed by atoms with Crippen LogP contribution >= 0.6 is 0 Å². The van der Waals surface area contributed by atoms with E-state index in [1.165, 1.54) is 0 Å². The Hall–Kier alpha value is -0.167. The van der Waals surface area contributed by atoms with E-state index in [9.17, 15) is 0 Å². The molecule has 1 aromatic rings. The summed E-state index contributed by atoms with van der Waals surface area (Å²) in [6.45, 7) is 0. The molecular formula is C4H6N2Zn. The van der Waals surface area contributed by atoms with Gasteiger partial charge >= 0.3 is 19.5 Å². The van der Waals surface area contributed by atoms with E-state index in [-0.39, 0.29) is 26.9 Å². The third-order valence-corrected chi connectivity index (χ3v) is 0.362. The molecular weight excluding hydrogens is 141 g/mol. The summed E-state index contributed by atoms with van der Waals surface area (Å²) in [4.78, 5) is 0. The molecule has 7 heavy (non-hydrogen) atoms. The molecule has 2 nitrogen and oxygen atoms in total. The number of hydrogen-bond donors (Lipinski definition) is 1. The Morgan fingerprint density at radius 3 is 2.43 bits per heavy atom. The predicted octanol–water partition coefficient (Wildman–Crippen LogP) is 0.658. The van der Waals surface area contributed by atoms with Gasteiger partial charge in [-0.1, -0.05) is 0 Å². The summed E-state index contributed by atoms with van der Waals surface area (Å²) >= 11 is 0. The van der Waals surface area contributed by atoms with Gasteiger partial charge in [0.05, 0.1) is 0 Å². The zero-order valence-electron chi connectivity index (χ0n) is 4.31. The number of rotatable bonds is 0. The molecule has 0 amide bonds. The normalized spacial score (nSPS) is 5.71. The zero-order valence-corrected chi connectivity index (χ0v) is 7.28. The molecule has 1 heterocycles. The van der Waals surface area contributed by atoms with Crippen molar-refractivity contribution in [3.63, 3.8) is 0 Å². The van der Waals surface area contributed by atoms with Gasteiger partial charge in [0, 0.05) is 0 Å². The molecule has 0 aliphatic heterocycles. The minimum Gasteiger partial charge on any atom is -0.382 e. The average Bonchev–Trinajstić information content (AvgIpc) is 1.76. The van der Waals surface area contributed by atoms with Crippen LogP contribution in [0.4, 0.5) is 0 Å². The van der Waals surface area contributed by atoms with Crippen LogP contribution in [-0.2, 0) is 19.5 Å². The molecule has 0 aromatic carbocycles. The number of aromatic nitrogens is 2. The SMILES string of the molecule is [CH3-].[Zn+2].[c-]1cc[nH]n1. The summed E-state index contributed by atoms with van der Waals surface area (Å²) in [5.74, 6) is 0. The molecule has 1 N–H and O–H groups in total. The second kappa shape index (κ2) is 5.83. The van der Waals surface area contributed by atoms with E-state index in [0.29, 0.717) is 0 Å². The van der Waals surface area contributed by atoms with Gasteiger partial charge in [0.15, 0.2) is 0 Å². The van der Waals surface area contributed by atoms with Crippen LogP contribution in [0.2, 0.25) is 0 Å². The fourth-order valence-corrected chi connectivity index (χ4v) is 0.186. The van der Waals surface area contributed by atoms with Crippen LogP contribution in [0.1, 0.15) is 0 Å². The quantitative estimate of drug-likeness (QED) is 0.424. The van der Waals surface area contributed by atoms with Gasteiger partial charge in [0.25, 0.3) is 0 Å². The van der Waals surface area contributed by atoms with Gasteiger partial charge in [0.1, 0.15) is 0 Å². The van der Waals surface area contributed by atoms with Crippen LogP contribution in [0.15, 0.2) is 12.3 Å². The van der Waals surface area contributed by atoms with Gasteiger partial charge in [-0.2, -0.15) is 6.07 Å². The molecule has 0 unspecified atom stereocenters. The topological polar surface area (TPSA) is 28.7 Å². The largest absolute Gasteiger partial charge is 2.00 e. The number of nitrogens with zero attached hydrogens (tertiary/aromatic N) is 1. The Labute approximate surface area is 56.1 Å². The van der Waals surface area contributed by atoms with E-state index in [1.54, 1.807) is 12.3 Å². The van der Waals surface area contributed by atoms with E-state index in [4.69, 9.17) is 0 Å². The fraction of sp³-hybridized carbons (Fsp3) is 0. The number of nitrogens with one attached hydrogen (secondary N) is 1. The van der Waals surface area contributed by atoms with Crippen molar-refractivity contribution in [3.05, 3.63) is 25.9 Å². The Morgan fingerprint density at radius 1 is 1.57 bits per heavy atom. The van der Waals surface area contributed by atoms with E-state index in [1.807, 2.05) is 0 Å². The minimum atomic E-state index is 0. The number of H-pyrrole nitrogens is 1. The van der Waals surface area contributed by atoms with Crippen molar-refractivity contribution in [3.8, 4) is 0 Å². The average molecular weight is 147 g/mol. The van der Waals surface area contributed by atoms with Gasteiger partial charge in [-0.3, -0.25) is 0 Å². The first kappa shape index (κ1) is 9.95. The molecule has 3 heteroatoms. The summed E-state index contributed by atoms with van der Waals surface area (Å²) in [6, 6.07) is 1.71. The molecule has 34 valence electrons. The molecule has 0 atom stereocenters. The Bertz CT molecular complexity index is 66.2. The maximum absolute atomic E-state index is 3.47. The first-order valence-electron chi connectivity index (χ1n) is 1.36. The summed E-state index contributed by atoms with van der Waals surface area (Å²) in [6.07, 6.45) is 4.26. The van der Waals surface area contributed by atoms with Crippen LogP contribution in [0.5, 0.6) is 0 Å². The Morgan fingerprint density at radius 2 is 2.29 bits per heavy atom. The second-order valence-corrected chi connectivity index (χ2v) is 0.703. The van der Waals surface area contributed by atoms with Crippen molar-refractivity contribution in [2.75, 3.05) is 0 Å². The molecule has 1 rings (SSSR count). The summed E-state index contributed by atoms with van der Waals surface area (Å²) in [7, 11) is 0. The molecule has 0 saturated heterocycles. The van der Waals surface area contributed by atoms with Gasteiger partial charge in [0.2, 0.25) is 0 Å². The fourth-order valence-electron chi connectivity index (χ4n) is 0.186. The van der Waals surface area contributed by atoms with Gasteiger partial charge in [-0.15, -0.1) is 12.4 Å². The van der Waals surface area contributed by atoms with Crippen molar-refractivity contribution in [2.45, 2.75) is 0 Å². The molecule has 0 fully saturated rings. The first-order chi connectivity index (χ1) is 2.50. The molecule has 0 aliphatic rings. The molecule has 0 radical (unpaired) electrons. The van der Waals surface area contributed by atoms with Gasteiger partial charge in [-0.05, 0) is 0 Å². The molecule has 0 saturated carbocycles. The van der Waals surface area contributed by atoms with Crippen molar-refractivity contribution in [1.82, 2.24) is 10.2 Å².